The van der Waals surface area contributed by atoms with Crippen LogP contribution in [0.2, 0.25) is 0 Å². The molecular formula is C19H17FN2O4. The van der Waals surface area contributed by atoms with Crippen LogP contribution in [0, 0.1) is 5.82 Å². The zero-order valence-electron chi connectivity index (χ0n) is 14.3. The van der Waals surface area contributed by atoms with Crippen molar-refractivity contribution in [1.82, 2.24) is 9.78 Å². The summed E-state index contributed by atoms with van der Waals surface area (Å²) in [7, 11) is 2.95. The summed E-state index contributed by atoms with van der Waals surface area (Å²) in [5, 5.41) is 13.0. The first-order valence-electron chi connectivity index (χ1n) is 7.82. The monoisotopic (exact) mass is 356 g/mol. The molecule has 6 nitrogen and oxygen atoms in total. The molecule has 0 amide bonds. The lowest BCUT2D eigenvalue weighted by Crippen LogP contribution is -2.03. The number of halogens is 1. The third kappa shape index (κ3) is 3.37. The smallest absolute Gasteiger partial charge is 0.356 e. The standard InChI is InChI=1S/C19H17FN2O4/c1-22-14(10-13(21-22)19(23)24)17-15(25-2)8-9-16(18(17)20)26-11-12-6-4-3-5-7-12/h3-10H,11H2,1-2H3,(H,23,24). The molecule has 26 heavy (non-hydrogen) atoms. The Morgan fingerprint density at radius 2 is 1.88 bits per heavy atom. The number of nitrogens with zero attached hydrogens (tertiary/aromatic N) is 2. The van der Waals surface area contributed by atoms with Gasteiger partial charge in [-0.25, -0.2) is 9.18 Å². The highest BCUT2D eigenvalue weighted by Crippen LogP contribution is 2.37. The first-order valence-corrected chi connectivity index (χ1v) is 7.82. The molecule has 0 aliphatic rings. The molecule has 1 heterocycles. The molecule has 1 N–H and O–H groups in total. The second-order valence-electron chi connectivity index (χ2n) is 5.57. The second-order valence-corrected chi connectivity index (χ2v) is 5.57. The summed E-state index contributed by atoms with van der Waals surface area (Å²) < 4.78 is 27.2. The zero-order chi connectivity index (χ0) is 18.7. The summed E-state index contributed by atoms with van der Waals surface area (Å²) >= 11 is 0. The Hall–Kier alpha value is -3.35. The van der Waals surface area contributed by atoms with E-state index in [1.807, 2.05) is 30.3 Å². The van der Waals surface area contributed by atoms with Crippen LogP contribution in [0.3, 0.4) is 0 Å². The highest BCUT2D eigenvalue weighted by molar-refractivity contribution is 5.87. The molecule has 0 spiro atoms. The van der Waals surface area contributed by atoms with Gasteiger partial charge in [0, 0.05) is 7.05 Å². The fourth-order valence-electron chi connectivity index (χ4n) is 2.60. The van der Waals surface area contributed by atoms with E-state index in [1.165, 1.54) is 31.0 Å². The summed E-state index contributed by atoms with van der Waals surface area (Å²) in [6, 6.07) is 13.7. The van der Waals surface area contributed by atoms with Crippen LogP contribution >= 0.6 is 0 Å². The molecule has 0 fully saturated rings. The maximum atomic E-state index is 15.1. The lowest BCUT2D eigenvalue weighted by atomic mass is 10.1. The van der Waals surface area contributed by atoms with Gasteiger partial charge in [0.05, 0.1) is 18.4 Å². The van der Waals surface area contributed by atoms with Crippen molar-refractivity contribution in [2.24, 2.45) is 7.05 Å². The van der Waals surface area contributed by atoms with Gasteiger partial charge in [0.1, 0.15) is 12.4 Å². The first-order chi connectivity index (χ1) is 12.5. The van der Waals surface area contributed by atoms with Gasteiger partial charge in [0.15, 0.2) is 17.3 Å². The Bertz CT molecular complexity index is 938. The van der Waals surface area contributed by atoms with Gasteiger partial charge in [-0.2, -0.15) is 5.10 Å². The average Bonchev–Trinajstić information content (AvgIpc) is 3.03. The Balaban J connectivity index is 2.00. The molecule has 134 valence electrons. The number of methoxy groups -OCH3 is 1. The molecule has 3 rings (SSSR count). The minimum absolute atomic E-state index is 0.0442. The van der Waals surface area contributed by atoms with Gasteiger partial charge in [-0.1, -0.05) is 30.3 Å². The predicted octanol–water partition coefficient (Wildman–Crippen LogP) is 3.51. The Morgan fingerprint density at radius 1 is 1.19 bits per heavy atom. The molecule has 3 aromatic rings. The largest absolute Gasteiger partial charge is 0.496 e. The van der Waals surface area contributed by atoms with Crippen molar-refractivity contribution in [2.45, 2.75) is 6.61 Å². The number of carboxylic acid groups (broad SMARTS) is 1. The van der Waals surface area contributed by atoms with Crippen molar-refractivity contribution in [3.63, 3.8) is 0 Å². The fraction of sp³-hybridized carbons (Fsp3) is 0.158. The molecular weight excluding hydrogens is 339 g/mol. The number of carboxylic acids is 1. The van der Waals surface area contributed by atoms with Crippen molar-refractivity contribution in [3.05, 3.63) is 65.6 Å². The molecule has 0 radical (unpaired) electrons. The van der Waals surface area contributed by atoms with Gasteiger partial charge in [-0.3, -0.25) is 4.68 Å². The molecule has 7 heteroatoms. The molecule has 2 aromatic carbocycles. The van der Waals surface area contributed by atoms with E-state index in [-0.39, 0.29) is 35.1 Å². The number of hydrogen-bond acceptors (Lipinski definition) is 4. The van der Waals surface area contributed by atoms with Crippen LogP contribution in [0.1, 0.15) is 16.1 Å². The Labute approximate surface area is 149 Å². The summed E-state index contributed by atoms with van der Waals surface area (Å²) in [6.45, 7) is 0.204. The Kier molecular flexibility index (Phi) is 4.88. The SMILES string of the molecule is COc1ccc(OCc2ccccc2)c(F)c1-c1cc(C(=O)O)nn1C. The topological polar surface area (TPSA) is 73.6 Å². The maximum absolute atomic E-state index is 15.1. The van der Waals surface area contributed by atoms with E-state index < -0.39 is 11.8 Å². The second kappa shape index (κ2) is 7.26. The number of aromatic nitrogens is 2. The van der Waals surface area contributed by atoms with E-state index in [2.05, 4.69) is 5.10 Å². The van der Waals surface area contributed by atoms with Crippen molar-refractivity contribution in [1.29, 1.82) is 0 Å². The number of hydrogen-bond donors (Lipinski definition) is 1. The van der Waals surface area contributed by atoms with E-state index in [0.717, 1.165) is 5.56 Å². The summed E-state index contributed by atoms with van der Waals surface area (Å²) in [6.07, 6.45) is 0. The molecule has 0 saturated heterocycles. The van der Waals surface area contributed by atoms with Gasteiger partial charge < -0.3 is 14.6 Å². The number of aryl methyl sites for hydroxylation is 1. The quantitative estimate of drug-likeness (QED) is 0.732. The van der Waals surface area contributed by atoms with Crippen molar-refractivity contribution < 1.29 is 23.8 Å². The van der Waals surface area contributed by atoms with Crippen LogP contribution in [0.5, 0.6) is 11.5 Å². The number of ether oxygens (including phenoxy) is 2. The van der Waals surface area contributed by atoms with Gasteiger partial charge >= 0.3 is 5.97 Å². The van der Waals surface area contributed by atoms with Crippen molar-refractivity contribution in [3.8, 4) is 22.8 Å². The van der Waals surface area contributed by atoms with E-state index in [0.29, 0.717) is 0 Å². The molecule has 0 saturated carbocycles. The minimum atomic E-state index is -1.19. The first kappa shape index (κ1) is 17.5. The summed E-state index contributed by atoms with van der Waals surface area (Å²) in [5.41, 5.74) is 1.10. The highest BCUT2D eigenvalue weighted by Gasteiger charge is 2.22. The van der Waals surface area contributed by atoms with Crippen LogP contribution in [0.4, 0.5) is 4.39 Å². The number of carbonyl (C=O) groups is 1. The van der Waals surface area contributed by atoms with Gasteiger partial charge in [-0.05, 0) is 23.8 Å². The minimum Gasteiger partial charge on any atom is -0.496 e. The molecule has 0 aliphatic heterocycles. The molecule has 0 aliphatic carbocycles. The van der Waals surface area contributed by atoms with E-state index in [1.54, 1.807) is 6.07 Å². The number of benzene rings is 2. The fourth-order valence-corrected chi connectivity index (χ4v) is 2.60. The van der Waals surface area contributed by atoms with Crippen molar-refractivity contribution in [2.75, 3.05) is 7.11 Å². The maximum Gasteiger partial charge on any atom is 0.356 e. The highest BCUT2D eigenvalue weighted by atomic mass is 19.1. The average molecular weight is 356 g/mol. The molecule has 0 unspecified atom stereocenters. The molecule has 0 atom stereocenters. The Morgan fingerprint density at radius 3 is 2.50 bits per heavy atom. The predicted molar refractivity (Wildman–Crippen MR) is 92.9 cm³/mol. The number of aromatic carboxylic acids is 1. The van der Waals surface area contributed by atoms with Crippen LogP contribution in [-0.4, -0.2) is 28.0 Å². The number of rotatable bonds is 6. The van der Waals surface area contributed by atoms with Crippen LogP contribution in [0.15, 0.2) is 48.5 Å². The lowest BCUT2D eigenvalue weighted by molar-refractivity contribution is 0.0689. The van der Waals surface area contributed by atoms with Gasteiger partial charge in [0.25, 0.3) is 0 Å². The molecule has 0 bridgehead atoms. The van der Waals surface area contributed by atoms with E-state index in [9.17, 15) is 4.79 Å². The summed E-state index contributed by atoms with van der Waals surface area (Å²) in [4.78, 5) is 11.1. The normalized spacial score (nSPS) is 10.6. The zero-order valence-corrected chi connectivity index (χ0v) is 14.3. The van der Waals surface area contributed by atoms with Crippen LogP contribution in [-0.2, 0) is 13.7 Å². The van der Waals surface area contributed by atoms with Crippen LogP contribution < -0.4 is 9.47 Å². The van der Waals surface area contributed by atoms with E-state index >= 15 is 4.39 Å². The van der Waals surface area contributed by atoms with Crippen LogP contribution in [0.25, 0.3) is 11.3 Å². The lowest BCUT2D eigenvalue weighted by Gasteiger charge is -2.14. The molecule has 1 aromatic heterocycles. The summed E-state index contributed by atoms with van der Waals surface area (Å²) in [5.74, 6) is -1.53. The third-order valence-corrected chi connectivity index (χ3v) is 3.88. The van der Waals surface area contributed by atoms with E-state index in [4.69, 9.17) is 14.6 Å². The van der Waals surface area contributed by atoms with Gasteiger partial charge in [-0.15, -0.1) is 0 Å². The van der Waals surface area contributed by atoms with Crippen molar-refractivity contribution >= 4 is 5.97 Å². The van der Waals surface area contributed by atoms with Gasteiger partial charge in [0.2, 0.25) is 0 Å². The third-order valence-electron chi connectivity index (χ3n) is 3.88.